The quantitative estimate of drug-likeness (QED) is 0.813. The predicted molar refractivity (Wildman–Crippen MR) is 68.2 cm³/mol. The number of carboxylic acid groups (broad SMARTS) is 1. The van der Waals surface area contributed by atoms with Crippen molar-refractivity contribution in [1.29, 1.82) is 0 Å². The number of thioether (sulfide) groups is 1. The molecule has 0 amide bonds. The van der Waals surface area contributed by atoms with Crippen LogP contribution < -0.4 is 0 Å². The summed E-state index contributed by atoms with van der Waals surface area (Å²) in [5.41, 5.74) is 0. The molecule has 1 aromatic rings. The molecule has 2 atom stereocenters. The molecule has 0 saturated carbocycles. The van der Waals surface area contributed by atoms with E-state index in [0.29, 0.717) is 5.02 Å². The first-order valence-corrected chi connectivity index (χ1v) is 6.45. The minimum atomic E-state index is -0.755. The highest BCUT2D eigenvalue weighted by molar-refractivity contribution is 8.00. The summed E-state index contributed by atoms with van der Waals surface area (Å²) in [6.07, 6.45) is 0.859. The lowest BCUT2D eigenvalue weighted by molar-refractivity contribution is -0.137. The lowest BCUT2D eigenvalue weighted by Crippen LogP contribution is -2.23. The molecule has 4 heteroatoms. The molecule has 1 aromatic carbocycles. The number of carboxylic acids is 1. The van der Waals surface area contributed by atoms with E-state index in [1.807, 2.05) is 26.0 Å². The molecule has 0 bridgehead atoms. The topological polar surface area (TPSA) is 37.3 Å². The number of hydrogen-bond acceptors (Lipinski definition) is 2. The van der Waals surface area contributed by atoms with Gasteiger partial charge in [-0.2, -0.15) is 0 Å². The first-order chi connectivity index (χ1) is 7.54. The molecule has 2 unspecified atom stereocenters. The van der Waals surface area contributed by atoms with Gasteiger partial charge in [0.15, 0.2) is 0 Å². The Balaban J connectivity index is 2.75. The molecule has 0 aliphatic heterocycles. The highest BCUT2D eigenvalue weighted by atomic mass is 35.5. The van der Waals surface area contributed by atoms with E-state index < -0.39 is 11.2 Å². The number of benzene rings is 1. The van der Waals surface area contributed by atoms with Crippen molar-refractivity contribution in [3.8, 4) is 0 Å². The van der Waals surface area contributed by atoms with Gasteiger partial charge < -0.3 is 5.11 Å². The molecule has 88 valence electrons. The molecule has 0 aromatic heterocycles. The van der Waals surface area contributed by atoms with E-state index in [0.717, 1.165) is 11.3 Å². The molecule has 0 radical (unpaired) electrons. The molecular weight excluding hydrogens is 244 g/mol. The first kappa shape index (κ1) is 13.4. The summed E-state index contributed by atoms with van der Waals surface area (Å²) in [6, 6.07) is 7.26. The van der Waals surface area contributed by atoms with Crippen LogP contribution in [0.1, 0.15) is 20.3 Å². The van der Waals surface area contributed by atoms with E-state index in [9.17, 15) is 4.79 Å². The van der Waals surface area contributed by atoms with E-state index in [4.69, 9.17) is 16.7 Å². The molecule has 0 aliphatic carbocycles. The zero-order valence-electron chi connectivity index (χ0n) is 9.31. The third kappa shape index (κ3) is 3.72. The smallest absolute Gasteiger partial charge is 0.317 e. The Kier molecular flexibility index (Phi) is 5.16. The van der Waals surface area contributed by atoms with Gasteiger partial charge in [-0.3, -0.25) is 4.79 Å². The number of halogens is 1. The van der Waals surface area contributed by atoms with Crippen molar-refractivity contribution in [3.63, 3.8) is 0 Å². The van der Waals surface area contributed by atoms with E-state index in [1.54, 1.807) is 12.1 Å². The molecule has 16 heavy (non-hydrogen) atoms. The van der Waals surface area contributed by atoms with Crippen molar-refractivity contribution < 1.29 is 9.90 Å². The van der Waals surface area contributed by atoms with Gasteiger partial charge in [0.25, 0.3) is 0 Å². The molecule has 0 fully saturated rings. The van der Waals surface area contributed by atoms with Crippen molar-refractivity contribution in [3.05, 3.63) is 29.3 Å². The van der Waals surface area contributed by atoms with Crippen LogP contribution in [0.15, 0.2) is 29.2 Å². The van der Waals surface area contributed by atoms with Gasteiger partial charge in [-0.05, 0) is 30.2 Å². The number of rotatable bonds is 5. The van der Waals surface area contributed by atoms with Gasteiger partial charge in [0, 0.05) is 9.92 Å². The molecule has 1 N–H and O–H groups in total. The summed E-state index contributed by atoms with van der Waals surface area (Å²) in [7, 11) is 0. The third-order valence-electron chi connectivity index (χ3n) is 2.48. The van der Waals surface area contributed by atoms with Crippen LogP contribution in [0.2, 0.25) is 5.02 Å². The highest BCUT2D eigenvalue weighted by Crippen LogP contribution is 2.30. The maximum absolute atomic E-state index is 11.1. The van der Waals surface area contributed by atoms with Crippen molar-refractivity contribution in [2.75, 3.05) is 0 Å². The second kappa shape index (κ2) is 6.16. The predicted octanol–water partition coefficient (Wildman–Crippen LogP) is 3.93. The minimum absolute atomic E-state index is 0.151. The second-order valence-electron chi connectivity index (χ2n) is 3.72. The van der Waals surface area contributed by atoms with Gasteiger partial charge >= 0.3 is 5.97 Å². The number of carbonyl (C=O) groups is 1. The van der Waals surface area contributed by atoms with Crippen LogP contribution in [0, 0.1) is 5.92 Å². The molecule has 2 nitrogen and oxygen atoms in total. The van der Waals surface area contributed by atoms with Crippen LogP contribution >= 0.6 is 23.4 Å². The average molecular weight is 259 g/mol. The van der Waals surface area contributed by atoms with Crippen molar-refractivity contribution in [2.24, 2.45) is 5.92 Å². The fourth-order valence-electron chi connectivity index (χ4n) is 1.28. The van der Waals surface area contributed by atoms with Crippen molar-refractivity contribution in [2.45, 2.75) is 30.4 Å². The van der Waals surface area contributed by atoms with Crippen LogP contribution in [-0.2, 0) is 4.79 Å². The second-order valence-corrected chi connectivity index (χ2v) is 5.37. The van der Waals surface area contributed by atoms with Crippen LogP contribution in [0.4, 0.5) is 0 Å². The average Bonchev–Trinajstić information content (AvgIpc) is 2.27. The SMILES string of the molecule is CCC(C)C(Sc1ccc(Cl)cc1)C(=O)O. The number of aliphatic carboxylic acids is 1. The Hall–Kier alpha value is -0.670. The fraction of sp³-hybridized carbons (Fsp3) is 0.417. The third-order valence-corrected chi connectivity index (χ3v) is 4.20. The summed E-state index contributed by atoms with van der Waals surface area (Å²) in [6.45, 7) is 3.96. The van der Waals surface area contributed by atoms with E-state index in [2.05, 4.69) is 0 Å². The highest BCUT2D eigenvalue weighted by Gasteiger charge is 2.24. The van der Waals surface area contributed by atoms with Gasteiger partial charge in [0.2, 0.25) is 0 Å². The fourth-order valence-corrected chi connectivity index (χ4v) is 2.52. The Morgan fingerprint density at radius 3 is 2.44 bits per heavy atom. The van der Waals surface area contributed by atoms with E-state index in [1.165, 1.54) is 11.8 Å². The maximum Gasteiger partial charge on any atom is 0.317 e. The molecule has 1 rings (SSSR count). The molecule has 0 aliphatic rings. The van der Waals surface area contributed by atoms with E-state index >= 15 is 0 Å². The van der Waals surface area contributed by atoms with Crippen LogP contribution in [0.25, 0.3) is 0 Å². The molecule has 0 heterocycles. The van der Waals surface area contributed by atoms with Crippen LogP contribution in [0.3, 0.4) is 0 Å². The molecule has 0 spiro atoms. The maximum atomic E-state index is 11.1. The minimum Gasteiger partial charge on any atom is -0.480 e. The van der Waals surface area contributed by atoms with Gasteiger partial charge in [0.1, 0.15) is 5.25 Å². The Bertz CT molecular complexity index is 351. The number of hydrogen-bond donors (Lipinski definition) is 1. The standard InChI is InChI=1S/C12H15ClO2S/c1-3-8(2)11(12(14)15)16-10-6-4-9(13)5-7-10/h4-8,11H,3H2,1-2H3,(H,14,15). The van der Waals surface area contributed by atoms with Gasteiger partial charge in [-0.1, -0.05) is 31.9 Å². The van der Waals surface area contributed by atoms with Crippen LogP contribution in [0.5, 0.6) is 0 Å². The van der Waals surface area contributed by atoms with E-state index in [-0.39, 0.29) is 5.92 Å². The first-order valence-electron chi connectivity index (χ1n) is 5.19. The van der Waals surface area contributed by atoms with Crippen molar-refractivity contribution >= 4 is 29.3 Å². The zero-order chi connectivity index (χ0) is 12.1. The summed E-state index contributed by atoms with van der Waals surface area (Å²) in [5, 5.41) is 9.41. The summed E-state index contributed by atoms with van der Waals surface area (Å²) in [5.74, 6) is -0.604. The summed E-state index contributed by atoms with van der Waals surface area (Å²) >= 11 is 7.16. The Labute approximate surface area is 105 Å². The van der Waals surface area contributed by atoms with Gasteiger partial charge in [-0.25, -0.2) is 0 Å². The Morgan fingerprint density at radius 1 is 1.44 bits per heavy atom. The zero-order valence-corrected chi connectivity index (χ0v) is 10.9. The lowest BCUT2D eigenvalue weighted by atomic mass is 10.1. The lowest BCUT2D eigenvalue weighted by Gasteiger charge is -2.17. The summed E-state index contributed by atoms with van der Waals surface area (Å²) < 4.78 is 0. The van der Waals surface area contributed by atoms with Crippen LogP contribution in [-0.4, -0.2) is 16.3 Å². The van der Waals surface area contributed by atoms with Crippen molar-refractivity contribution in [1.82, 2.24) is 0 Å². The monoisotopic (exact) mass is 258 g/mol. The Morgan fingerprint density at radius 2 is 2.00 bits per heavy atom. The van der Waals surface area contributed by atoms with Gasteiger partial charge in [-0.15, -0.1) is 11.8 Å². The molecule has 0 saturated heterocycles. The van der Waals surface area contributed by atoms with Gasteiger partial charge in [0.05, 0.1) is 0 Å². The summed E-state index contributed by atoms with van der Waals surface area (Å²) in [4.78, 5) is 12.1. The largest absolute Gasteiger partial charge is 0.480 e. The normalized spacial score (nSPS) is 14.4. The molecular formula is C12H15ClO2S.